The first-order valence-electron chi connectivity index (χ1n) is 8.54. The van der Waals surface area contributed by atoms with Crippen molar-refractivity contribution in [2.24, 2.45) is 0 Å². The van der Waals surface area contributed by atoms with Crippen LogP contribution >= 0.6 is 11.3 Å². The number of fused-ring (bicyclic) bond motifs is 1. The number of benzene rings is 2. The third kappa shape index (κ3) is 3.10. The van der Waals surface area contributed by atoms with E-state index in [1.807, 2.05) is 41.8 Å². The van der Waals surface area contributed by atoms with Gasteiger partial charge in [0.2, 0.25) is 0 Å². The van der Waals surface area contributed by atoms with Crippen LogP contribution in [0.2, 0.25) is 0 Å². The van der Waals surface area contributed by atoms with Gasteiger partial charge in [0.25, 0.3) is 5.91 Å². The Bertz CT molecular complexity index is 1220. The molecule has 7 heteroatoms. The number of hydrogen-bond acceptors (Lipinski definition) is 5. The molecule has 0 aliphatic carbocycles. The average Bonchev–Trinajstić information content (AvgIpc) is 3.28. The summed E-state index contributed by atoms with van der Waals surface area (Å²) in [5.41, 5.74) is 3.54. The summed E-state index contributed by atoms with van der Waals surface area (Å²) in [6.45, 7) is 1.88. The minimum Gasteiger partial charge on any atom is -0.497 e. The van der Waals surface area contributed by atoms with Crippen molar-refractivity contribution in [2.45, 2.75) is 6.92 Å². The summed E-state index contributed by atoms with van der Waals surface area (Å²) < 4.78 is 7.10. The molecule has 6 nitrogen and oxygen atoms in total. The molecule has 2 heterocycles. The van der Waals surface area contributed by atoms with E-state index in [-0.39, 0.29) is 5.91 Å². The minimum absolute atomic E-state index is 0.248. The van der Waals surface area contributed by atoms with Gasteiger partial charge in [-0.1, -0.05) is 23.5 Å². The number of amides is 1. The fourth-order valence-electron chi connectivity index (χ4n) is 2.93. The topological polar surface area (TPSA) is 79.4 Å². The lowest BCUT2D eigenvalue weighted by Crippen LogP contribution is -2.12. The summed E-state index contributed by atoms with van der Waals surface area (Å²) >= 11 is 1.32. The smallest absolute Gasteiger partial charge is 0.267 e. The number of methoxy groups -OCH3 is 1. The number of thiazole rings is 1. The molecule has 138 valence electrons. The summed E-state index contributed by atoms with van der Waals surface area (Å²) in [6.07, 6.45) is 1.92. The van der Waals surface area contributed by atoms with Crippen LogP contribution in [0.5, 0.6) is 5.75 Å². The number of rotatable bonds is 4. The summed E-state index contributed by atoms with van der Waals surface area (Å²) in [6, 6.07) is 16.7. The molecule has 0 saturated heterocycles. The molecule has 1 N–H and O–H groups in total. The molecule has 2 aromatic heterocycles. The number of aromatic nitrogens is 2. The van der Waals surface area contributed by atoms with Crippen molar-refractivity contribution in [2.75, 3.05) is 12.4 Å². The lowest BCUT2D eigenvalue weighted by atomic mass is 10.2. The van der Waals surface area contributed by atoms with Crippen LogP contribution in [-0.4, -0.2) is 22.4 Å². The fraction of sp³-hybridized carbons (Fsp3) is 0.0952. The number of imidazole rings is 1. The van der Waals surface area contributed by atoms with E-state index in [1.165, 1.54) is 11.3 Å². The average molecular weight is 388 g/mol. The molecule has 2 aromatic carbocycles. The molecule has 1 amide bonds. The number of carbonyl (C=O) groups is 1. The highest BCUT2D eigenvalue weighted by molar-refractivity contribution is 7.19. The van der Waals surface area contributed by atoms with E-state index in [9.17, 15) is 10.1 Å². The highest BCUT2D eigenvalue weighted by atomic mass is 32.1. The van der Waals surface area contributed by atoms with Crippen LogP contribution in [-0.2, 0) is 0 Å². The molecule has 4 rings (SSSR count). The zero-order valence-electron chi connectivity index (χ0n) is 15.3. The quantitative estimate of drug-likeness (QED) is 0.558. The Labute approximate surface area is 165 Å². The van der Waals surface area contributed by atoms with Gasteiger partial charge in [-0.3, -0.25) is 9.20 Å². The van der Waals surface area contributed by atoms with Crippen LogP contribution in [0.15, 0.2) is 54.7 Å². The van der Waals surface area contributed by atoms with Gasteiger partial charge in [0.1, 0.15) is 16.7 Å². The number of aryl methyl sites for hydroxylation is 1. The van der Waals surface area contributed by atoms with E-state index in [4.69, 9.17) is 4.74 Å². The number of ether oxygens (including phenoxy) is 1. The molecule has 0 radical (unpaired) electrons. The van der Waals surface area contributed by atoms with Crippen molar-refractivity contribution >= 4 is 27.9 Å². The maximum absolute atomic E-state index is 12.7. The van der Waals surface area contributed by atoms with Crippen molar-refractivity contribution < 1.29 is 9.53 Å². The van der Waals surface area contributed by atoms with Crippen molar-refractivity contribution in [1.29, 1.82) is 5.26 Å². The van der Waals surface area contributed by atoms with Gasteiger partial charge in [-0.05, 0) is 43.3 Å². The SMILES string of the molecule is COc1ccc(-c2cn3c(C)c(C(=O)Nc4ccccc4C#N)sc3n2)cc1. The van der Waals surface area contributed by atoms with Crippen LogP contribution in [0, 0.1) is 18.3 Å². The van der Waals surface area contributed by atoms with E-state index < -0.39 is 0 Å². The molecular formula is C21H16N4O2S. The fourth-order valence-corrected chi connectivity index (χ4v) is 3.93. The van der Waals surface area contributed by atoms with Crippen LogP contribution in [0.4, 0.5) is 5.69 Å². The molecular weight excluding hydrogens is 372 g/mol. The van der Waals surface area contributed by atoms with Crippen LogP contribution in [0.3, 0.4) is 0 Å². The molecule has 0 bridgehead atoms. The molecule has 0 spiro atoms. The van der Waals surface area contributed by atoms with Gasteiger partial charge in [0, 0.05) is 17.5 Å². The van der Waals surface area contributed by atoms with Gasteiger partial charge >= 0.3 is 0 Å². The number of nitrogens with zero attached hydrogens (tertiary/aromatic N) is 3. The summed E-state index contributed by atoms with van der Waals surface area (Å²) in [5, 5.41) is 12.0. The third-order valence-corrected chi connectivity index (χ3v) is 5.60. The van der Waals surface area contributed by atoms with Gasteiger partial charge in [0.05, 0.1) is 24.1 Å². The molecule has 0 aliphatic heterocycles. The predicted molar refractivity (Wildman–Crippen MR) is 109 cm³/mol. The Morgan fingerprint density at radius 1 is 1.21 bits per heavy atom. The van der Waals surface area contributed by atoms with Gasteiger partial charge < -0.3 is 10.1 Å². The van der Waals surface area contributed by atoms with Crippen molar-refractivity contribution in [3.63, 3.8) is 0 Å². The number of nitrogens with one attached hydrogen (secondary N) is 1. The van der Waals surface area contributed by atoms with E-state index in [0.29, 0.717) is 16.1 Å². The highest BCUT2D eigenvalue weighted by Gasteiger charge is 2.19. The highest BCUT2D eigenvalue weighted by Crippen LogP contribution is 2.29. The van der Waals surface area contributed by atoms with E-state index >= 15 is 0 Å². The van der Waals surface area contributed by atoms with Crippen molar-refractivity contribution in [3.05, 3.63) is 70.9 Å². The number of anilines is 1. The zero-order valence-corrected chi connectivity index (χ0v) is 16.1. The monoisotopic (exact) mass is 388 g/mol. The molecule has 0 aliphatic rings. The number of carbonyl (C=O) groups excluding carboxylic acids is 1. The van der Waals surface area contributed by atoms with Crippen LogP contribution in [0.1, 0.15) is 20.9 Å². The maximum Gasteiger partial charge on any atom is 0.267 e. The summed E-state index contributed by atoms with van der Waals surface area (Å²) in [4.78, 5) is 18.7. The normalized spacial score (nSPS) is 10.6. The second-order valence-electron chi connectivity index (χ2n) is 6.14. The molecule has 0 atom stereocenters. The number of hydrogen-bond donors (Lipinski definition) is 1. The van der Waals surface area contributed by atoms with Gasteiger partial charge in [-0.15, -0.1) is 0 Å². The Morgan fingerprint density at radius 3 is 2.64 bits per heavy atom. The molecule has 0 saturated carbocycles. The lowest BCUT2D eigenvalue weighted by molar-refractivity contribution is 0.102. The Hall–Kier alpha value is -3.63. The van der Waals surface area contributed by atoms with E-state index in [1.54, 1.807) is 31.4 Å². The zero-order chi connectivity index (χ0) is 19.7. The Kier molecular flexibility index (Phi) is 4.55. The van der Waals surface area contributed by atoms with Gasteiger partial charge in [-0.2, -0.15) is 5.26 Å². The predicted octanol–water partition coefficient (Wildman–Crippen LogP) is 4.50. The standard InChI is InChI=1S/C21H16N4O2S/c1-13-19(20(26)23-17-6-4-3-5-15(17)11-22)28-21-24-18(12-25(13)21)14-7-9-16(27-2)10-8-14/h3-10,12H,1-2H3,(H,23,26). The number of para-hydroxylation sites is 1. The number of nitriles is 1. The Morgan fingerprint density at radius 2 is 1.96 bits per heavy atom. The summed E-state index contributed by atoms with van der Waals surface area (Å²) in [5.74, 6) is 0.541. The van der Waals surface area contributed by atoms with Gasteiger partial charge in [0.15, 0.2) is 4.96 Å². The van der Waals surface area contributed by atoms with Crippen molar-refractivity contribution in [1.82, 2.24) is 9.38 Å². The molecule has 4 aromatic rings. The lowest BCUT2D eigenvalue weighted by Gasteiger charge is -2.06. The first kappa shape index (κ1) is 17.8. The van der Waals surface area contributed by atoms with Crippen LogP contribution in [0.25, 0.3) is 16.2 Å². The second kappa shape index (κ2) is 7.18. The van der Waals surface area contributed by atoms with E-state index in [0.717, 1.165) is 27.7 Å². The van der Waals surface area contributed by atoms with Crippen LogP contribution < -0.4 is 10.1 Å². The minimum atomic E-state index is -0.248. The van der Waals surface area contributed by atoms with E-state index in [2.05, 4.69) is 16.4 Å². The molecule has 0 unspecified atom stereocenters. The Balaban J connectivity index is 1.64. The maximum atomic E-state index is 12.7. The third-order valence-electron chi connectivity index (χ3n) is 4.44. The molecule has 0 fully saturated rings. The first-order chi connectivity index (χ1) is 13.6. The first-order valence-corrected chi connectivity index (χ1v) is 9.35. The van der Waals surface area contributed by atoms with Crippen molar-refractivity contribution in [3.8, 4) is 23.1 Å². The molecule has 28 heavy (non-hydrogen) atoms. The summed E-state index contributed by atoms with van der Waals surface area (Å²) in [7, 11) is 1.63. The second-order valence-corrected chi connectivity index (χ2v) is 7.11. The largest absolute Gasteiger partial charge is 0.497 e. The van der Waals surface area contributed by atoms with Gasteiger partial charge in [-0.25, -0.2) is 4.98 Å².